The van der Waals surface area contributed by atoms with E-state index in [0.29, 0.717) is 0 Å². The highest BCUT2D eigenvalue weighted by atomic mass is 32.1. The van der Waals surface area contributed by atoms with Crippen LogP contribution in [0, 0.1) is 0 Å². The third kappa shape index (κ3) is 6.13. The summed E-state index contributed by atoms with van der Waals surface area (Å²) in [6.45, 7) is 2.39. The molecule has 0 N–H and O–H groups in total. The molecule has 11 aromatic rings. The Balaban J connectivity index is 1.03. The average molecular weight is 834 g/mol. The lowest BCUT2D eigenvalue weighted by Gasteiger charge is -2.30. The number of fused-ring (bicyclic) bond motifs is 6. The summed E-state index contributed by atoms with van der Waals surface area (Å²) < 4.78 is 2.56. The third-order valence-corrected chi connectivity index (χ3v) is 14.5. The summed E-state index contributed by atoms with van der Waals surface area (Å²) >= 11 is 1.86. The van der Waals surface area contributed by atoms with Gasteiger partial charge >= 0.3 is 0 Å². The minimum atomic E-state index is -0.260. The van der Waals surface area contributed by atoms with Gasteiger partial charge in [0.2, 0.25) is 0 Å². The van der Waals surface area contributed by atoms with E-state index in [-0.39, 0.29) is 5.41 Å². The fourth-order valence-corrected chi connectivity index (χ4v) is 11.5. The van der Waals surface area contributed by atoms with E-state index >= 15 is 0 Å². The lowest BCUT2D eigenvalue weighted by molar-refractivity contribution is 0.714. The second-order valence-corrected chi connectivity index (χ2v) is 18.0. The van der Waals surface area contributed by atoms with Crippen LogP contribution in [0.5, 0.6) is 0 Å². The van der Waals surface area contributed by atoms with Crippen LogP contribution in [0.2, 0.25) is 0 Å². The highest BCUT2D eigenvalue weighted by molar-refractivity contribution is 7.26. The zero-order chi connectivity index (χ0) is 42.6. The minimum Gasteiger partial charge on any atom is -0.309 e. The Kier molecular flexibility index (Phi) is 9.21. The van der Waals surface area contributed by atoms with Crippen molar-refractivity contribution >= 4 is 48.6 Å². The summed E-state index contributed by atoms with van der Waals surface area (Å²) in [4.78, 5) is 2.49. The van der Waals surface area contributed by atoms with E-state index in [4.69, 9.17) is 0 Å². The van der Waals surface area contributed by atoms with Gasteiger partial charge in [0.15, 0.2) is 0 Å². The van der Waals surface area contributed by atoms with Crippen molar-refractivity contribution in [3.05, 3.63) is 259 Å². The average Bonchev–Trinajstić information content (AvgIpc) is 3.88. The first-order valence-electron chi connectivity index (χ1n) is 22.1. The van der Waals surface area contributed by atoms with E-state index < -0.39 is 0 Å². The van der Waals surface area contributed by atoms with E-state index in [1.807, 2.05) is 11.3 Å². The maximum absolute atomic E-state index is 2.49. The first kappa shape index (κ1) is 37.9. The quantitative estimate of drug-likeness (QED) is 0.147. The molecule has 0 spiro atoms. The molecule has 1 unspecified atom stereocenters. The maximum Gasteiger partial charge on any atom is 0.0555 e. The van der Waals surface area contributed by atoms with Crippen LogP contribution < -0.4 is 4.90 Å². The van der Waals surface area contributed by atoms with E-state index in [9.17, 15) is 0 Å². The maximum atomic E-state index is 2.49. The van der Waals surface area contributed by atoms with E-state index in [1.54, 1.807) is 0 Å². The molecule has 0 aliphatic heterocycles. The number of anilines is 3. The van der Waals surface area contributed by atoms with E-state index in [1.165, 1.54) is 92.5 Å². The Hall–Kier alpha value is -7.78. The van der Waals surface area contributed by atoms with Crippen molar-refractivity contribution in [2.24, 2.45) is 0 Å². The van der Waals surface area contributed by atoms with Crippen LogP contribution in [0.15, 0.2) is 243 Å². The van der Waals surface area contributed by atoms with Crippen molar-refractivity contribution in [1.82, 2.24) is 0 Å². The molecular formula is C62H43NS. The molecular weight excluding hydrogens is 791 g/mol. The molecule has 2 heteroatoms. The van der Waals surface area contributed by atoms with Crippen molar-refractivity contribution in [3.8, 4) is 55.6 Å². The van der Waals surface area contributed by atoms with Gasteiger partial charge in [0.25, 0.3) is 0 Å². The molecule has 1 aliphatic carbocycles. The van der Waals surface area contributed by atoms with Gasteiger partial charge in [-0.1, -0.05) is 200 Å². The van der Waals surface area contributed by atoms with Gasteiger partial charge in [0.05, 0.1) is 11.4 Å². The van der Waals surface area contributed by atoms with E-state index in [0.717, 1.165) is 17.1 Å². The van der Waals surface area contributed by atoms with Crippen molar-refractivity contribution in [2.75, 3.05) is 4.90 Å². The van der Waals surface area contributed by atoms with Gasteiger partial charge in [-0.3, -0.25) is 0 Å². The normalized spacial score (nSPS) is 14.1. The van der Waals surface area contributed by atoms with Crippen LogP contribution in [0.1, 0.15) is 23.6 Å². The Morgan fingerprint density at radius 1 is 0.344 bits per heavy atom. The molecule has 10 aromatic carbocycles. The Morgan fingerprint density at radius 2 is 0.875 bits per heavy atom. The number of para-hydroxylation sites is 1. The second kappa shape index (κ2) is 15.5. The molecule has 1 heterocycles. The summed E-state index contributed by atoms with van der Waals surface area (Å²) in [6, 6.07) is 89.2. The van der Waals surface area contributed by atoms with Crippen LogP contribution in [0.4, 0.5) is 17.1 Å². The molecule has 0 fully saturated rings. The predicted molar refractivity (Wildman–Crippen MR) is 273 cm³/mol. The summed E-state index contributed by atoms with van der Waals surface area (Å²) in [6.07, 6.45) is 0. The topological polar surface area (TPSA) is 3.24 Å². The summed E-state index contributed by atoms with van der Waals surface area (Å²) in [5.74, 6) is 0. The van der Waals surface area contributed by atoms with Gasteiger partial charge < -0.3 is 4.90 Å². The predicted octanol–water partition coefficient (Wildman–Crippen LogP) is 17.5. The highest BCUT2D eigenvalue weighted by Gasteiger charge is 2.40. The standard InChI is InChI=1S/C62H43NS/c1-62(45-21-6-3-7-22-45)55-30-15-12-27-51(55)52-40-37-44(41-56(52)62)42-35-38-46(39-36-42)63(58-32-18-34-60-61(58)54-29-14-17-33-59(54)64-60)57-31-16-13-28-53(57)50-26-11-10-25-49(50)48-24-9-8-23-47(48)43-19-4-2-5-20-43/h2-41H,1H3. The van der Waals surface area contributed by atoms with Gasteiger partial charge in [-0.25, -0.2) is 0 Å². The van der Waals surface area contributed by atoms with Crippen LogP contribution in [-0.4, -0.2) is 0 Å². The molecule has 64 heavy (non-hydrogen) atoms. The number of hydrogen-bond donors (Lipinski definition) is 0. The fourth-order valence-electron chi connectivity index (χ4n) is 10.3. The Bertz CT molecular complexity index is 3510. The first-order valence-corrected chi connectivity index (χ1v) is 22.9. The van der Waals surface area contributed by atoms with Gasteiger partial charge in [-0.05, 0) is 116 Å². The summed E-state index contributed by atoms with van der Waals surface area (Å²) in [7, 11) is 0. The molecule has 0 saturated heterocycles. The molecule has 0 bridgehead atoms. The van der Waals surface area contributed by atoms with Crippen LogP contribution >= 0.6 is 11.3 Å². The van der Waals surface area contributed by atoms with Gasteiger partial charge in [0, 0.05) is 36.8 Å². The second-order valence-electron chi connectivity index (χ2n) is 16.9. The van der Waals surface area contributed by atoms with Crippen molar-refractivity contribution in [3.63, 3.8) is 0 Å². The zero-order valence-electron chi connectivity index (χ0n) is 35.4. The lowest BCUT2D eigenvalue weighted by atomic mass is 9.74. The van der Waals surface area contributed by atoms with Gasteiger partial charge in [-0.2, -0.15) is 0 Å². The zero-order valence-corrected chi connectivity index (χ0v) is 36.3. The fraction of sp³-hybridized carbons (Fsp3) is 0.0323. The van der Waals surface area contributed by atoms with Gasteiger partial charge in [-0.15, -0.1) is 11.3 Å². The first-order chi connectivity index (χ1) is 31.6. The van der Waals surface area contributed by atoms with Crippen LogP contribution in [-0.2, 0) is 5.41 Å². The largest absolute Gasteiger partial charge is 0.309 e. The van der Waals surface area contributed by atoms with Crippen LogP contribution in [0.3, 0.4) is 0 Å². The lowest BCUT2D eigenvalue weighted by Crippen LogP contribution is -2.22. The Morgan fingerprint density at radius 3 is 1.64 bits per heavy atom. The molecule has 1 nitrogen and oxygen atoms in total. The summed E-state index contributed by atoms with van der Waals surface area (Å²) in [5.41, 5.74) is 19.4. The van der Waals surface area contributed by atoms with Crippen molar-refractivity contribution < 1.29 is 0 Å². The van der Waals surface area contributed by atoms with Crippen molar-refractivity contribution in [2.45, 2.75) is 12.3 Å². The smallest absolute Gasteiger partial charge is 0.0555 e. The van der Waals surface area contributed by atoms with E-state index in [2.05, 4.69) is 254 Å². The SMILES string of the molecule is CC1(c2ccccc2)c2ccccc2-c2ccc(-c3ccc(N(c4ccccc4-c4ccccc4-c4ccccc4-c4ccccc4)c4cccc5sc6ccccc6c45)cc3)cc21. The monoisotopic (exact) mass is 833 g/mol. The number of rotatable bonds is 8. The number of benzene rings is 10. The van der Waals surface area contributed by atoms with Gasteiger partial charge in [0.1, 0.15) is 0 Å². The molecule has 0 radical (unpaired) electrons. The molecule has 1 aromatic heterocycles. The number of nitrogens with zero attached hydrogens (tertiary/aromatic N) is 1. The highest BCUT2D eigenvalue weighted by Crippen LogP contribution is 2.54. The molecule has 302 valence electrons. The molecule has 12 rings (SSSR count). The molecule has 1 atom stereocenters. The van der Waals surface area contributed by atoms with Crippen LogP contribution in [0.25, 0.3) is 75.8 Å². The molecule has 0 saturated carbocycles. The van der Waals surface area contributed by atoms with Crippen molar-refractivity contribution in [1.29, 1.82) is 0 Å². The third-order valence-electron chi connectivity index (χ3n) is 13.4. The molecule has 1 aliphatic rings. The number of hydrogen-bond acceptors (Lipinski definition) is 2. The number of thiophene rings is 1. The summed E-state index contributed by atoms with van der Waals surface area (Å²) in [5, 5.41) is 2.54. The Labute approximate surface area is 378 Å². The molecule has 0 amide bonds. The minimum absolute atomic E-state index is 0.260.